The summed E-state index contributed by atoms with van der Waals surface area (Å²) in [6.45, 7) is 1.20. The molecule has 2 rings (SSSR count). The Morgan fingerprint density at radius 1 is 1.28 bits per heavy atom. The van der Waals surface area contributed by atoms with Crippen LogP contribution in [0.25, 0.3) is 0 Å². The second kappa shape index (κ2) is 5.38. The van der Waals surface area contributed by atoms with Gasteiger partial charge in [0.2, 0.25) is 10.0 Å². The summed E-state index contributed by atoms with van der Waals surface area (Å²) in [5.74, 6) is 0. The molecule has 4 nitrogen and oxygen atoms in total. The summed E-state index contributed by atoms with van der Waals surface area (Å²) in [6, 6.07) is 8.48. The van der Waals surface area contributed by atoms with Crippen LogP contribution < -0.4 is 4.72 Å². The molecule has 0 unspecified atom stereocenters. The summed E-state index contributed by atoms with van der Waals surface area (Å²) in [5, 5.41) is 0. The molecule has 0 radical (unpaired) electrons. The predicted molar refractivity (Wildman–Crippen MR) is 69.8 cm³/mol. The zero-order valence-corrected chi connectivity index (χ0v) is 11.4. The van der Waals surface area contributed by atoms with Crippen molar-refractivity contribution >= 4 is 10.0 Å². The van der Waals surface area contributed by atoms with Crippen molar-refractivity contribution in [2.75, 3.05) is 20.3 Å². The molecule has 0 heterocycles. The highest BCUT2D eigenvalue weighted by Crippen LogP contribution is 2.48. The molecule has 0 aromatic heterocycles. The second-order valence-electron chi connectivity index (χ2n) is 4.88. The predicted octanol–water partition coefficient (Wildman–Crippen LogP) is 1.78. The summed E-state index contributed by atoms with van der Waals surface area (Å²) < 4.78 is 31.8. The first-order chi connectivity index (χ1) is 8.58. The highest BCUT2D eigenvalue weighted by molar-refractivity contribution is 7.89. The zero-order valence-electron chi connectivity index (χ0n) is 10.6. The van der Waals surface area contributed by atoms with E-state index in [-0.39, 0.29) is 5.41 Å². The van der Waals surface area contributed by atoms with Crippen molar-refractivity contribution in [3.05, 3.63) is 30.3 Å². The van der Waals surface area contributed by atoms with Gasteiger partial charge in [-0.15, -0.1) is 0 Å². The maximum absolute atomic E-state index is 12.0. The van der Waals surface area contributed by atoms with Gasteiger partial charge in [0.1, 0.15) is 0 Å². The number of sulfonamides is 1. The first kappa shape index (κ1) is 13.5. The molecule has 1 aromatic rings. The van der Waals surface area contributed by atoms with Crippen LogP contribution in [0.2, 0.25) is 0 Å². The Kier molecular flexibility index (Phi) is 4.04. The minimum absolute atomic E-state index is 0.123. The number of rotatable bonds is 7. The largest absolute Gasteiger partial charge is 0.385 e. The summed E-state index contributed by atoms with van der Waals surface area (Å²) >= 11 is 0. The summed E-state index contributed by atoms with van der Waals surface area (Å²) in [5.41, 5.74) is 0.123. The van der Waals surface area contributed by atoms with Crippen molar-refractivity contribution in [2.45, 2.75) is 24.2 Å². The van der Waals surface area contributed by atoms with Crippen LogP contribution in [0.15, 0.2) is 35.2 Å². The fourth-order valence-electron chi connectivity index (χ4n) is 1.94. The van der Waals surface area contributed by atoms with Crippen LogP contribution >= 0.6 is 0 Å². The maximum atomic E-state index is 12.0. The van der Waals surface area contributed by atoms with Crippen LogP contribution in [-0.4, -0.2) is 28.7 Å². The fraction of sp³-hybridized carbons (Fsp3) is 0.538. The summed E-state index contributed by atoms with van der Waals surface area (Å²) in [6.07, 6.45) is 3.07. The van der Waals surface area contributed by atoms with Crippen molar-refractivity contribution in [1.29, 1.82) is 0 Å². The Morgan fingerprint density at radius 2 is 1.94 bits per heavy atom. The number of ether oxygens (including phenoxy) is 1. The monoisotopic (exact) mass is 269 g/mol. The van der Waals surface area contributed by atoms with Gasteiger partial charge in [0.15, 0.2) is 0 Å². The number of benzene rings is 1. The van der Waals surface area contributed by atoms with Crippen molar-refractivity contribution in [2.24, 2.45) is 5.41 Å². The Hall–Kier alpha value is -0.910. The Bertz CT molecular complexity index is 480. The van der Waals surface area contributed by atoms with E-state index < -0.39 is 10.0 Å². The van der Waals surface area contributed by atoms with Gasteiger partial charge in [-0.2, -0.15) is 0 Å². The Labute approximate surface area is 108 Å². The number of hydrogen-bond donors (Lipinski definition) is 1. The average molecular weight is 269 g/mol. The molecule has 0 spiro atoms. The third kappa shape index (κ3) is 3.31. The Morgan fingerprint density at radius 3 is 2.50 bits per heavy atom. The molecule has 1 saturated carbocycles. The van der Waals surface area contributed by atoms with Crippen LogP contribution in [0.3, 0.4) is 0 Å². The minimum Gasteiger partial charge on any atom is -0.385 e. The first-order valence-electron chi connectivity index (χ1n) is 6.12. The molecule has 100 valence electrons. The molecule has 0 aliphatic heterocycles. The third-order valence-electron chi connectivity index (χ3n) is 3.48. The fourth-order valence-corrected chi connectivity index (χ4v) is 3.12. The minimum atomic E-state index is -3.37. The molecule has 1 N–H and O–H groups in total. The van der Waals surface area contributed by atoms with E-state index >= 15 is 0 Å². The standard InChI is InChI=1S/C13H19NO3S/c1-17-10-9-13(7-8-13)11-14-18(15,16)12-5-3-2-4-6-12/h2-6,14H,7-11H2,1H3. The van der Waals surface area contributed by atoms with Crippen LogP contribution in [0.4, 0.5) is 0 Å². The quantitative estimate of drug-likeness (QED) is 0.821. The molecule has 1 aromatic carbocycles. The molecule has 0 amide bonds. The zero-order chi connectivity index (χ0) is 13.1. The number of nitrogens with one attached hydrogen (secondary N) is 1. The molecule has 1 aliphatic rings. The summed E-state index contributed by atoms with van der Waals surface area (Å²) in [4.78, 5) is 0.326. The van der Waals surface area contributed by atoms with Crippen molar-refractivity contribution in [1.82, 2.24) is 4.72 Å². The van der Waals surface area contributed by atoms with Gasteiger partial charge in [-0.3, -0.25) is 0 Å². The van der Waals surface area contributed by atoms with E-state index in [1.807, 2.05) is 0 Å². The maximum Gasteiger partial charge on any atom is 0.240 e. The number of methoxy groups -OCH3 is 1. The molecular weight excluding hydrogens is 250 g/mol. The van der Waals surface area contributed by atoms with E-state index in [2.05, 4.69) is 4.72 Å². The first-order valence-corrected chi connectivity index (χ1v) is 7.60. The van der Waals surface area contributed by atoms with Gasteiger partial charge in [-0.05, 0) is 36.8 Å². The van der Waals surface area contributed by atoms with Crippen LogP contribution in [0.5, 0.6) is 0 Å². The van der Waals surface area contributed by atoms with E-state index in [0.29, 0.717) is 18.0 Å². The molecule has 5 heteroatoms. The second-order valence-corrected chi connectivity index (χ2v) is 6.65. The topological polar surface area (TPSA) is 55.4 Å². The van der Waals surface area contributed by atoms with E-state index in [0.717, 1.165) is 19.3 Å². The SMILES string of the molecule is COCCC1(CNS(=O)(=O)c2ccccc2)CC1. The lowest BCUT2D eigenvalue weighted by molar-refractivity contribution is 0.173. The van der Waals surface area contributed by atoms with Gasteiger partial charge < -0.3 is 4.74 Å². The molecule has 0 bridgehead atoms. The molecule has 0 saturated heterocycles. The van der Waals surface area contributed by atoms with Gasteiger partial charge >= 0.3 is 0 Å². The third-order valence-corrected chi connectivity index (χ3v) is 4.90. The van der Waals surface area contributed by atoms with Crippen LogP contribution in [-0.2, 0) is 14.8 Å². The molecule has 1 fully saturated rings. The van der Waals surface area contributed by atoms with Gasteiger partial charge in [0, 0.05) is 20.3 Å². The highest BCUT2D eigenvalue weighted by Gasteiger charge is 2.42. The van der Waals surface area contributed by atoms with E-state index in [1.165, 1.54) is 0 Å². The molecule has 18 heavy (non-hydrogen) atoms. The lowest BCUT2D eigenvalue weighted by atomic mass is 10.0. The number of hydrogen-bond acceptors (Lipinski definition) is 3. The molecule has 1 aliphatic carbocycles. The van der Waals surface area contributed by atoms with Gasteiger partial charge in [-0.1, -0.05) is 18.2 Å². The molecule has 0 atom stereocenters. The van der Waals surface area contributed by atoms with Crippen molar-refractivity contribution in [3.8, 4) is 0 Å². The van der Waals surface area contributed by atoms with Crippen molar-refractivity contribution < 1.29 is 13.2 Å². The van der Waals surface area contributed by atoms with E-state index in [9.17, 15) is 8.42 Å². The molecular formula is C13H19NO3S. The lowest BCUT2D eigenvalue weighted by Crippen LogP contribution is -2.30. The highest BCUT2D eigenvalue weighted by atomic mass is 32.2. The van der Waals surface area contributed by atoms with E-state index in [1.54, 1.807) is 37.4 Å². The van der Waals surface area contributed by atoms with Crippen LogP contribution in [0, 0.1) is 5.41 Å². The van der Waals surface area contributed by atoms with Gasteiger partial charge in [0.05, 0.1) is 4.90 Å². The van der Waals surface area contributed by atoms with Gasteiger partial charge in [-0.25, -0.2) is 13.1 Å². The van der Waals surface area contributed by atoms with Crippen LogP contribution in [0.1, 0.15) is 19.3 Å². The lowest BCUT2D eigenvalue weighted by Gasteiger charge is -2.15. The van der Waals surface area contributed by atoms with E-state index in [4.69, 9.17) is 4.74 Å². The normalized spacial score (nSPS) is 17.6. The van der Waals surface area contributed by atoms with Crippen molar-refractivity contribution in [3.63, 3.8) is 0 Å². The summed E-state index contributed by atoms with van der Waals surface area (Å²) in [7, 11) is -1.70. The smallest absolute Gasteiger partial charge is 0.240 e. The average Bonchev–Trinajstić information content (AvgIpc) is 3.16. The van der Waals surface area contributed by atoms with Gasteiger partial charge in [0.25, 0.3) is 0 Å². The Balaban J connectivity index is 1.94.